The molecular weight excluding hydrogens is 433 g/mol. The Morgan fingerprint density at radius 1 is 1.03 bits per heavy atom. The molecule has 0 radical (unpaired) electrons. The van der Waals surface area contributed by atoms with E-state index in [0.717, 1.165) is 37.2 Å². The van der Waals surface area contributed by atoms with E-state index in [-0.39, 0.29) is 0 Å². The van der Waals surface area contributed by atoms with E-state index >= 15 is 0 Å². The molecule has 1 unspecified atom stereocenters. The molecule has 34 heavy (non-hydrogen) atoms. The van der Waals surface area contributed by atoms with Crippen molar-refractivity contribution in [2.75, 3.05) is 36.5 Å². The average Bonchev–Trinajstić information content (AvgIpc) is 3.38. The third-order valence-corrected chi connectivity index (χ3v) is 6.33. The molecule has 7 nitrogen and oxygen atoms in total. The molecule has 3 N–H and O–H groups in total. The molecule has 3 aliphatic heterocycles. The van der Waals surface area contributed by atoms with Gasteiger partial charge in [0.25, 0.3) is 0 Å². The molecule has 1 saturated heterocycles. The van der Waals surface area contributed by atoms with E-state index in [1.54, 1.807) is 24.4 Å². The minimum Gasteiger partial charge on any atom is -0.377 e. The van der Waals surface area contributed by atoms with Crippen molar-refractivity contribution in [1.29, 1.82) is 0 Å². The van der Waals surface area contributed by atoms with Crippen LogP contribution in [0.4, 0.5) is 21.7 Å². The van der Waals surface area contributed by atoms with Gasteiger partial charge in [-0.1, -0.05) is 6.07 Å². The van der Waals surface area contributed by atoms with Crippen LogP contribution in [0.5, 0.6) is 0 Å². The highest BCUT2D eigenvalue weighted by molar-refractivity contribution is 5.66. The number of rotatable bonds is 1. The Bertz CT molecular complexity index is 1140. The molecule has 8 heteroatoms. The van der Waals surface area contributed by atoms with Gasteiger partial charge in [-0.3, -0.25) is 5.32 Å². The molecule has 178 valence electrons. The van der Waals surface area contributed by atoms with Crippen LogP contribution in [0.2, 0.25) is 0 Å². The average molecular weight is 464 g/mol. The summed E-state index contributed by atoms with van der Waals surface area (Å²) in [6.45, 7) is 3.88. The van der Waals surface area contributed by atoms with Crippen LogP contribution in [0.1, 0.15) is 43.0 Å². The molecule has 6 bridgehead atoms. The molecule has 2 aromatic carbocycles. The monoisotopic (exact) mass is 463 g/mol. The molecule has 0 saturated carbocycles. The zero-order valence-corrected chi connectivity index (χ0v) is 19.1. The standard InChI is InChI=1S/C26H30FN5O2/c27-22-16-18-5-7-21(22)23-9-11-29-26(31-23)30-20-6-8-24(32-12-2-3-13-32)19(15-20)17-34-14-4-1-10-28-25(18)33/h5-9,11,15-16,25,28,33H,1-4,10,12-14,17H2,(H,29,30,31). The zero-order chi connectivity index (χ0) is 23.3. The molecule has 3 aliphatic rings. The van der Waals surface area contributed by atoms with Crippen LogP contribution < -0.4 is 15.5 Å². The van der Waals surface area contributed by atoms with Gasteiger partial charge in [0.15, 0.2) is 0 Å². The van der Waals surface area contributed by atoms with Crippen molar-refractivity contribution in [3.63, 3.8) is 0 Å². The Kier molecular flexibility index (Phi) is 6.99. The number of fused-ring (bicyclic) bond motifs is 9. The van der Waals surface area contributed by atoms with Crippen molar-refractivity contribution in [3.05, 3.63) is 65.6 Å². The van der Waals surface area contributed by atoms with E-state index in [4.69, 9.17) is 4.74 Å². The predicted octanol–water partition coefficient (Wildman–Crippen LogP) is 4.52. The molecule has 6 rings (SSSR count). The zero-order valence-electron chi connectivity index (χ0n) is 19.1. The number of aliphatic hydroxyl groups is 1. The van der Waals surface area contributed by atoms with Crippen molar-refractivity contribution in [2.24, 2.45) is 0 Å². The van der Waals surface area contributed by atoms with Crippen LogP contribution in [0.3, 0.4) is 0 Å². The summed E-state index contributed by atoms with van der Waals surface area (Å²) in [4.78, 5) is 11.3. The number of anilines is 3. The third-order valence-electron chi connectivity index (χ3n) is 6.33. The first-order valence-electron chi connectivity index (χ1n) is 11.9. The lowest BCUT2D eigenvalue weighted by Gasteiger charge is -2.22. The lowest BCUT2D eigenvalue weighted by atomic mass is 10.1. The van der Waals surface area contributed by atoms with E-state index in [1.165, 1.54) is 24.6 Å². The lowest BCUT2D eigenvalue weighted by molar-refractivity contribution is 0.112. The van der Waals surface area contributed by atoms with E-state index in [2.05, 4.69) is 37.6 Å². The minimum atomic E-state index is -0.932. The summed E-state index contributed by atoms with van der Waals surface area (Å²) in [6.07, 6.45) is 4.80. The number of hydrogen-bond acceptors (Lipinski definition) is 7. The second-order valence-electron chi connectivity index (χ2n) is 8.78. The quantitative estimate of drug-likeness (QED) is 0.490. The topological polar surface area (TPSA) is 82.5 Å². The fraction of sp³-hybridized carbons (Fsp3) is 0.385. The van der Waals surface area contributed by atoms with Gasteiger partial charge in [0.05, 0.1) is 12.3 Å². The maximum atomic E-state index is 14.9. The van der Waals surface area contributed by atoms with Gasteiger partial charge in [0, 0.05) is 48.4 Å². The van der Waals surface area contributed by atoms with Crippen LogP contribution in [0, 0.1) is 5.82 Å². The van der Waals surface area contributed by atoms with Crippen LogP contribution in [0.25, 0.3) is 11.3 Å². The maximum Gasteiger partial charge on any atom is 0.227 e. The Morgan fingerprint density at radius 3 is 2.76 bits per heavy atom. The van der Waals surface area contributed by atoms with Crippen molar-refractivity contribution < 1.29 is 14.2 Å². The highest BCUT2D eigenvalue weighted by Crippen LogP contribution is 2.30. The Balaban J connectivity index is 1.47. The summed E-state index contributed by atoms with van der Waals surface area (Å²) in [5.41, 5.74) is 4.50. The van der Waals surface area contributed by atoms with Gasteiger partial charge in [-0.05, 0) is 74.2 Å². The molecule has 4 heterocycles. The number of aliphatic hydroxyl groups excluding tert-OH is 1. The fourth-order valence-electron chi connectivity index (χ4n) is 4.52. The van der Waals surface area contributed by atoms with Crippen molar-refractivity contribution in [3.8, 4) is 11.3 Å². The van der Waals surface area contributed by atoms with Gasteiger partial charge in [-0.2, -0.15) is 0 Å². The Labute approximate surface area is 199 Å². The van der Waals surface area contributed by atoms with Gasteiger partial charge >= 0.3 is 0 Å². The summed E-state index contributed by atoms with van der Waals surface area (Å²) >= 11 is 0. The maximum absolute atomic E-state index is 14.9. The summed E-state index contributed by atoms with van der Waals surface area (Å²) in [5, 5.41) is 16.7. The van der Waals surface area contributed by atoms with E-state index in [1.807, 2.05) is 6.07 Å². The van der Waals surface area contributed by atoms with E-state index < -0.39 is 12.0 Å². The first kappa shape index (κ1) is 22.7. The summed E-state index contributed by atoms with van der Waals surface area (Å²) in [7, 11) is 0. The van der Waals surface area contributed by atoms with Gasteiger partial charge in [0.2, 0.25) is 5.95 Å². The van der Waals surface area contributed by atoms with Crippen molar-refractivity contribution in [1.82, 2.24) is 15.3 Å². The number of ether oxygens (including phenoxy) is 1. The molecule has 0 amide bonds. The highest BCUT2D eigenvalue weighted by Gasteiger charge is 2.17. The second kappa shape index (κ2) is 10.5. The number of nitrogens with zero attached hydrogens (tertiary/aromatic N) is 3. The molecule has 3 aromatic rings. The molecule has 1 aromatic heterocycles. The smallest absolute Gasteiger partial charge is 0.227 e. The van der Waals surface area contributed by atoms with Crippen LogP contribution >= 0.6 is 0 Å². The second-order valence-corrected chi connectivity index (χ2v) is 8.78. The molecule has 0 aliphatic carbocycles. The SMILES string of the molecule is OC1NCCCCOCc2cc(ccc2N2CCCC2)Nc2nccc(n2)-c2ccc1cc2F. The van der Waals surface area contributed by atoms with Gasteiger partial charge in [0.1, 0.15) is 12.0 Å². The Morgan fingerprint density at radius 2 is 1.91 bits per heavy atom. The summed E-state index contributed by atoms with van der Waals surface area (Å²) < 4.78 is 20.9. The first-order valence-corrected chi connectivity index (χ1v) is 11.9. The number of benzene rings is 2. The van der Waals surface area contributed by atoms with Gasteiger partial charge in [-0.15, -0.1) is 0 Å². The molecule has 0 spiro atoms. The minimum absolute atomic E-state index is 0.359. The fourth-order valence-corrected chi connectivity index (χ4v) is 4.52. The highest BCUT2D eigenvalue weighted by atomic mass is 19.1. The lowest BCUT2D eigenvalue weighted by Crippen LogP contribution is -2.22. The number of nitrogens with one attached hydrogen (secondary N) is 2. The van der Waals surface area contributed by atoms with Gasteiger partial charge < -0.3 is 20.1 Å². The first-order chi connectivity index (χ1) is 16.7. The Hall–Kier alpha value is -3.07. The van der Waals surface area contributed by atoms with E-state index in [0.29, 0.717) is 42.5 Å². The molecular formula is C26H30FN5O2. The van der Waals surface area contributed by atoms with Crippen LogP contribution in [-0.4, -0.2) is 41.3 Å². The summed E-state index contributed by atoms with van der Waals surface area (Å²) in [6, 6.07) is 12.6. The van der Waals surface area contributed by atoms with Crippen molar-refractivity contribution in [2.45, 2.75) is 38.5 Å². The largest absolute Gasteiger partial charge is 0.377 e. The third kappa shape index (κ3) is 5.19. The van der Waals surface area contributed by atoms with Gasteiger partial charge in [-0.25, -0.2) is 14.4 Å². The van der Waals surface area contributed by atoms with E-state index in [9.17, 15) is 9.50 Å². The number of aromatic nitrogens is 2. The molecule has 1 fully saturated rings. The van der Waals surface area contributed by atoms with Crippen molar-refractivity contribution >= 4 is 17.3 Å². The van der Waals surface area contributed by atoms with Crippen LogP contribution in [0.15, 0.2) is 48.7 Å². The van der Waals surface area contributed by atoms with Crippen LogP contribution in [-0.2, 0) is 11.3 Å². The number of halogens is 1. The molecule has 1 atom stereocenters. The number of hydrogen-bond donors (Lipinski definition) is 3. The normalized spacial score (nSPS) is 19.2. The summed E-state index contributed by atoms with van der Waals surface area (Å²) in [5.74, 6) is -0.0482. The predicted molar refractivity (Wildman–Crippen MR) is 130 cm³/mol.